The van der Waals surface area contributed by atoms with E-state index in [-0.39, 0.29) is 17.3 Å². The van der Waals surface area contributed by atoms with E-state index in [4.69, 9.17) is 13.9 Å². The normalized spacial score (nSPS) is 20.4. The van der Waals surface area contributed by atoms with Crippen LogP contribution in [0.4, 0.5) is 0 Å². The van der Waals surface area contributed by atoms with Gasteiger partial charge in [0, 0.05) is 24.5 Å². The van der Waals surface area contributed by atoms with Gasteiger partial charge in [-0.1, -0.05) is 19.1 Å². The van der Waals surface area contributed by atoms with E-state index in [2.05, 4.69) is 18.3 Å². The van der Waals surface area contributed by atoms with Gasteiger partial charge < -0.3 is 19.2 Å². The summed E-state index contributed by atoms with van der Waals surface area (Å²) >= 11 is 0. The Hall–Kier alpha value is -1.69. The molecule has 5 heteroatoms. The zero-order chi connectivity index (χ0) is 17.2. The van der Waals surface area contributed by atoms with E-state index in [1.54, 1.807) is 6.07 Å². The van der Waals surface area contributed by atoms with E-state index < -0.39 is 0 Å². The Morgan fingerprint density at radius 2 is 2.12 bits per heavy atom. The van der Waals surface area contributed by atoms with Crippen LogP contribution in [0.1, 0.15) is 31.9 Å². The summed E-state index contributed by atoms with van der Waals surface area (Å²) in [5, 5.41) is 4.33. The lowest BCUT2D eigenvalue weighted by atomic mass is 10.1. The molecule has 2 aromatic rings. The van der Waals surface area contributed by atoms with Crippen LogP contribution in [0.25, 0.3) is 11.0 Å². The van der Waals surface area contributed by atoms with Crippen molar-refractivity contribution in [3.05, 3.63) is 45.8 Å². The van der Waals surface area contributed by atoms with Gasteiger partial charge in [-0.2, -0.15) is 0 Å². The standard InChI is InChI=1S/C19H25NO4/c1-4-13-5-6-16-14(8-18(21)24-17(16)7-13)9-20-10-15-11-23-19(2,3)12-22-15/h5-8,15,20H,4,9-12H2,1-3H3. The number of benzene rings is 1. The fourth-order valence-electron chi connectivity index (χ4n) is 2.85. The quantitative estimate of drug-likeness (QED) is 0.854. The van der Waals surface area contributed by atoms with Gasteiger partial charge in [-0.3, -0.25) is 0 Å². The van der Waals surface area contributed by atoms with Gasteiger partial charge in [0.1, 0.15) is 5.58 Å². The fraction of sp³-hybridized carbons (Fsp3) is 0.526. The highest BCUT2D eigenvalue weighted by molar-refractivity contribution is 5.80. The van der Waals surface area contributed by atoms with Gasteiger partial charge in [-0.25, -0.2) is 4.79 Å². The van der Waals surface area contributed by atoms with Gasteiger partial charge in [-0.05, 0) is 37.5 Å². The number of rotatable bonds is 5. The van der Waals surface area contributed by atoms with E-state index in [1.807, 2.05) is 26.0 Å². The van der Waals surface area contributed by atoms with Crippen LogP contribution in [-0.2, 0) is 22.4 Å². The topological polar surface area (TPSA) is 60.7 Å². The molecule has 1 fully saturated rings. The van der Waals surface area contributed by atoms with Crippen molar-refractivity contribution >= 4 is 11.0 Å². The van der Waals surface area contributed by atoms with E-state index in [0.717, 1.165) is 22.9 Å². The molecule has 1 N–H and O–H groups in total. The maximum atomic E-state index is 11.8. The number of hydrogen-bond donors (Lipinski definition) is 1. The molecule has 0 spiro atoms. The molecule has 5 nitrogen and oxygen atoms in total. The molecule has 0 radical (unpaired) electrons. The minimum absolute atomic E-state index is 0.0381. The van der Waals surface area contributed by atoms with Crippen LogP contribution in [0, 0.1) is 0 Å². The highest BCUT2D eigenvalue weighted by Gasteiger charge is 2.27. The highest BCUT2D eigenvalue weighted by Crippen LogP contribution is 2.20. The van der Waals surface area contributed by atoms with Crippen LogP contribution in [0.2, 0.25) is 0 Å². The molecule has 1 unspecified atom stereocenters. The summed E-state index contributed by atoms with van der Waals surface area (Å²) in [6, 6.07) is 7.60. The Balaban J connectivity index is 1.66. The minimum Gasteiger partial charge on any atom is -0.423 e. The zero-order valence-electron chi connectivity index (χ0n) is 14.6. The van der Waals surface area contributed by atoms with Crippen molar-refractivity contribution in [2.24, 2.45) is 0 Å². The third kappa shape index (κ3) is 4.04. The van der Waals surface area contributed by atoms with Crippen molar-refractivity contribution in [3.63, 3.8) is 0 Å². The van der Waals surface area contributed by atoms with Crippen molar-refractivity contribution in [2.45, 2.75) is 45.4 Å². The molecule has 0 bridgehead atoms. The Morgan fingerprint density at radius 3 is 2.83 bits per heavy atom. The molecule has 1 aliphatic rings. The van der Waals surface area contributed by atoms with Gasteiger partial charge in [0.25, 0.3) is 0 Å². The number of hydrogen-bond acceptors (Lipinski definition) is 5. The first kappa shape index (κ1) is 17.1. The predicted molar refractivity (Wildman–Crippen MR) is 93.3 cm³/mol. The molecule has 0 aliphatic carbocycles. The third-order valence-electron chi connectivity index (χ3n) is 4.32. The molecule has 1 aromatic heterocycles. The average molecular weight is 331 g/mol. The summed E-state index contributed by atoms with van der Waals surface area (Å²) in [7, 11) is 0. The molecule has 1 aliphatic heterocycles. The van der Waals surface area contributed by atoms with E-state index in [0.29, 0.717) is 31.9 Å². The number of nitrogens with one attached hydrogen (secondary N) is 1. The molecule has 0 saturated carbocycles. The fourth-order valence-corrected chi connectivity index (χ4v) is 2.85. The molecule has 1 aromatic carbocycles. The smallest absolute Gasteiger partial charge is 0.336 e. The highest BCUT2D eigenvalue weighted by atomic mass is 16.6. The molecule has 1 saturated heterocycles. The van der Waals surface area contributed by atoms with Crippen molar-refractivity contribution in [1.29, 1.82) is 0 Å². The number of ether oxygens (including phenoxy) is 2. The van der Waals surface area contributed by atoms with Crippen LogP contribution < -0.4 is 10.9 Å². The summed E-state index contributed by atoms with van der Waals surface area (Å²) < 4.78 is 16.9. The van der Waals surface area contributed by atoms with Gasteiger partial charge in [-0.15, -0.1) is 0 Å². The summed E-state index contributed by atoms with van der Waals surface area (Å²) in [4.78, 5) is 11.8. The predicted octanol–water partition coefficient (Wildman–Crippen LogP) is 2.64. The van der Waals surface area contributed by atoms with Crippen LogP contribution in [0.3, 0.4) is 0 Å². The molecule has 24 heavy (non-hydrogen) atoms. The van der Waals surface area contributed by atoms with E-state index in [9.17, 15) is 4.79 Å². The zero-order valence-corrected chi connectivity index (χ0v) is 14.6. The van der Waals surface area contributed by atoms with Crippen LogP contribution in [0.15, 0.2) is 33.5 Å². The Kier molecular flexibility index (Phi) is 5.04. The SMILES string of the molecule is CCc1ccc2c(CNCC3COC(C)(C)CO3)cc(=O)oc2c1. The van der Waals surface area contributed by atoms with Crippen molar-refractivity contribution in [3.8, 4) is 0 Å². The van der Waals surface area contributed by atoms with Gasteiger partial charge in [0.15, 0.2) is 0 Å². The first-order valence-electron chi connectivity index (χ1n) is 8.49. The Morgan fingerprint density at radius 1 is 1.29 bits per heavy atom. The van der Waals surface area contributed by atoms with E-state index in [1.165, 1.54) is 0 Å². The minimum atomic E-state index is -0.313. The second-order valence-electron chi connectivity index (χ2n) is 6.91. The molecular weight excluding hydrogens is 306 g/mol. The molecule has 130 valence electrons. The van der Waals surface area contributed by atoms with Crippen LogP contribution >= 0.6 is 0 Å². The second-order valence-corrected chi connectivity index (χ2v) is 6.91. The summed E-state index contributed by atoms with van der Waals surface area (Å²) in [6.45, 7) is 8.58. The average Bonchev–Trinajstić information content (AvgIpc) is 2.55. The Bertz CT molecular complexity index is 756. The lowest BCUT2D eigenvalue weighted by Crippen LogP contribution is -2.46. The molecule has 2 heterocycles. The third-order valence-corrected chi connectivity index (χ3v) is 4.32. The lowest BCUT2D eigenvalue weighted by molar-refractivity contribution is -0.173. The van der Waals surface area contributed by atoms with Crippen LogP contribution in [-0.4, -0.2) is 31.5 Å². The van der Waals surface area contributed by atoms with Gasteiger partial charge in [0.05, 0.1) is 24.9 Å². The molecule has 3 rings (SSSR count). The van der Waals surface area contributed by atoms with Crippen LogP contribution in [0.5, 0.6) is 0 Å². The van der Waals surface area contributed by atoms with Crippen molar-refractivity contribution in [2.75, 3.05) is 19.8 Å². The Labute approximate surface area is 141 Å². The first-order chi connectivity index (χ1) is 11.5. The first-order valence-corrected chi connectivity index (χ1v) is 8.49. The van der Waals surface area contributed by atoms with Gasteiger partial charge in [0.2, 0.25) is 0 Å². The number of aryl methyl sites for hydroxylation is 1. The molecule has 1 atom stereocenters. The molecule has 0 amide bonds. The molecular formula is C19H25NO4. The largest absolute Gasteiger partial charge is 0.423 e. The second kappa shape index (κ2) is 7.05. The van der Waals surface area contributed by atoms with E-state index >= 15 is 0 Å². The van der Waals surface area contributed by atoms with Crippen molar-refractivity contribution < 1.29 is 13.9 Å². The summed E-state index contributed by atoms with van der Waals surface area (Å²) in [5.74, 6) is 0. The maximum Gasteiger partial charge on any atom is 0.336 e. The maximum absolute atomic E-state index is 11.8. The summed E-state index contributed by atoms with van der Waals surface area (Å²) in [5.41, 5.74) is 2.23. The number of fused-ring (bicyclic) bond motifs is 1. The lowest BCUT2D eigenvalue weighted by Gasteiger charge is -2.35. The van der Waals surface area contributed by atoms with Crippen molar-refractivity contribution in [1.82, 2.24) is 5.32 Å². The van der Waals surface area contributed by atoms with Gasteiger partial charge >= 0.3 is 5.63 Å². The summed E-state index contributed by atoms with van der Waals surface area (Å²) in [6.07, 6.45) is 0.952. The monoisotopic (exact) mass is 331 g/mol.